The van der Waals surface area contributed by atoms with E-state index in [0.29, 0.717) is 18.8 Å². The minimum Gasteiger partial charge on any atom is -0.478 e. The average molecular weight is 232 g/mol. The normalized spacial score (nSPS) is 18.5. The summed E-state index contributed by atoms with van der Waals surface area (Å²) in [5.41, 5.74) is 1.59. The molecule has 1 fully saturated rings. The van der Waals surface area contributed by atoms with Gasteiger partial charge >= 0.3 is 5.97 Å². The molecular formula is C14H16O3. The molecule has 90 valence electrons. The number of aliphatic carboxylic acids is 1. The number of hydrogen-bond acceptors (Lipinski definition) is 2. The Kier molecular flexibility index (Phi) is 3.29. The van der Waals surface area contributed by atoms with Crippen LogP contribution in [0.5, 0.6) is 0 Å². The molecule has 1 aromatic rings. The van der Waals surface area contributed by atoms with Gasteiger partial charge in [-0.15, -0.1) is 0 Å². The molecule has 17 heavy (non-hydrogen) atoms. The van der Waals surface area contributed by atoms with Crippen molar-refractivity contribution in [3.8, 4) is 0 Å². The molecule has 0 amide bonds. The zero-order valence-electron chi connectivity index (χ0n) is 9.85. The lowest BCUT2D eigenvalue weighted by atomic mass is 9.75. The van der Waals surface area contributed by atoms with Crippen LogP contribution in [0.25, 0.3) is 0 Å². The Morgan fingerprint density at radius 1 is 1.41 bits per heavy atom. The summed E-state index contributed by atoms with van der Waals surface area (Å²) < 4.78 is 5.31. The quantitative estimate of drug-likeness (QED) is 0.811. The molecule has 1 aromatic carbocycles. The van der Waals surface area contributed by atoms with Crippen molar-refractivity contribution in [3.05, 3.63) is 47.5 Å². The van der Waals surface area contributed by atoms with E-state index in [0.717, 1.165) is 6.42 Å². The molecular weight excluding hydrogens is 216 g/mol. The Morgan fingerprint density at radius 3 is 2.53 bits per heavy atom. The van der Waals surface area contributed by atoms with E-state index in [-0.39, 0.29) is 5.41 Å². The fourth-order valence-electron chi connectivity index (χ4n) is 1.98. The predicted molar refractivity (Wildman–Crippen MR) is 64.9 cm³/mol. The monoisotopic (exact) mass is 232 g/mol. The lowest BCUT2D eigenvalue weighted by molar-refractivity contribution is -0.132. The summed E-state index contributed by atoms with van der Waals surface area (Å²) in [6, 6.07) is 10.1. The van der Waals surface area contributed by atoms with Gasteiger partial charge in [-0.25, -0.2) is 4.79 Å². The summed E-state index contributed by atoms with van der Waals surface area (Å²) in [6.07, 6.45) is 2.51. The second-order valence-electron chi connectivity index (χ2n) is 4.54. The van der Waals surface area contributed by atoms with E-state index >= 15 is 0 Å². The third kappa shape index (κ3) is 2.39. The van der Waals surface area contributed by atoms with Gasteiger partial charge in [0.05, 0.1) is 13.2 Å². The van der Waals surface area contributed by atoms with Crippen molar-refractivity contribution >= 4 is 5.97 Å². The van der Waals surface area contributed by atoms with Crippen molar-refractivity contribution in [2.75, 3.05) is 13.2 Å². The first-order valence-electron chi connectivity index (χ1n) is 5.67. The van der Waals surface area contributed by atoms with Crippen LogP contribution in [0.4, 0.5) is 0 Å². The van der Waals surface area contributed by atoms with Gasteiger partial charge in [-0.1, -0.05) is 36.4 Å². The summed E-state index contributed by atoms with van der Waals surface area (Å²) in [6.45, 7) is 2.96. The van der Waals surface area contributed by atoms with Gasteiger partial charge in [0, 0.05) is 11.0 Å². The van der Waals surface area contributed by atoms with Crippen LogP contribution in [0.15, 0.2) is 42.0 Å². The number of carboxylic acid groups (broad SMARTS) is 1. The Hall–Kier alpha value is -1.61. The Labute approximate surface area is 101 Å². The highest BCUT2D eigenvalue weighted by Gasteiger charge is 2.39. The summed E-state index contributed by atoms with van der Waals surface area (Å²) in [5.74, 6) is -0.853. The van der Waals surface area contributed by atoms with Crippen molar-refractivity contribution in [2.45, 2.75) is 18.8 Å². The van der Waals surface area contributed by atoms with Crippen LogP contribution < -0.4 is 0 Å². The Bertz CT molecular complexity index is 430. The van der Waals surface area contributed by atoms with Crippen LogP contribution >= 0.6 is 0 Å². The first-order chi connectivity index (χ1) is 8.14. The van der Waals surface area contributed by atoms with E-state index in [9.17, 15) is 4.79 Å². The highest BCUT2D eigenvalue weighted by molar-refractivity contribution is 5.85. The molecule has 0 unspecified atom stereocenters. The second-order valence-corrected chi connectivity index (χ2v) is 4.54. The predicted octanol–water partition coefficient (Wildman–Crippen LogP) is 2.38. The molecule has 3 heteroatoms. The van der Waals surface area contributed by atoms with Crippen molar-refractivity contribution in [2.24, 2.45) is 0 Å². The number of rotatable bonds is 4. The highest BCUT2D eigenvalue weighted by atomic mass is 16.5. The van der Waals surface area contributed by atoms with E-state index in [1.54, 1.807) is 13.0 Å². The largest absolute Gasteiger partial charge is 0.478 e. The first-order valence-corrected chi connectivity index (χ1v) is 5.67. The van der Waals surface area contributed by atoms with Gasteiger partial charge in [0.1, 0.15) is 0 Å². The number of ether oxygens (including phenoxy) is 1. The molecule has 1 saturated heterocycles. The first kappa shape index (κ1) is 11.9. The fraction of sp³-hybridized carbons (Fsp3) is 0.357. The van der Waals surface area contributed by atoms with E-state index in [4.69, 9.17) is 9.84 Å². The molecule has 0 atom stereocenters. The van der Waals surface area contributed by atoms with Crippen LogP contribution in [0.3, 0.4) is 0 Å². The SMILES string of the molecule is CC(=CCC1(c2ccccc2)COC1)C(=O)O. The molecule has 1 N–H and O–H groups in total. The maximum absolute atomic E-state index is 10.8. The number of hydrogen-bond donors (Lipinski definition) is 1. The zero-order chi connectivity index (χ0) is 12.3. The molecule has 0 spiro atoms. The number of benzene rings is 1. The van der Waals surface area contributed by atoms with Gasteiger partial charge in [-0.2, -0.15) is 0 Å². The van der Waals surface area contributed by atoms with Gasteiger partial charge in [0.15, 0.2) is 0 Å². The number of allylic oxidation sites excluding steroid dienone is 1. The van der Waals surface area contributed by atoms with Crippen molar-refractivity contribution in [1.29, 1.82) is 0 Å². The lowest BCUT2D eigenvalue weighted by Crippen LogP contribution is -2.46. The van der Waals surface area contributed by atoms with Crippen molar-refractivity contribution in [1.82, 2.24) is 0 Å². The summed E-state index contributed by atoms with van der Waals surface area (Å²) in [7, 11) is 0. The van der Waals surface area contributed by atoms with E-state index in [2.05, 4.69) is 12.1 Å². The second kappa shape index (κ2) is 4.72. The van der Waals surface area contributed by atoms with Crippen molar-refractivity contribution in [3.63, 3.8) is 0 Å². The molecule has 3 nitrogen and oxygen atoms in total. The van der Waals surface area contributed by atoms with Gasteiger partial charge in [0.2, 0.25) is 0 Å². The summed E-state index contributed by atoms with van der Waals surface area (Å²) >= 11 is 0. The smallest absolute Gasteiger partial charge is 0.330 e. The van der Waals surface area contributed by atoms with Crippen LogP contribution in [-0.2, 0) is 14.9 Å². The molecule has 0 aliphatic carbocycles. The van der Waals surface area contributed by atoms with Crippen LogP contribution in [0.2, 0.25) is 0 Å². The molecule has 0 radical (unpaired) electrons. The molecule has 1 heterocycles. The Balaban J connectivity index is 2.17. The van der Waals surface area contributed by atoms with Gasteiger partial charge < -0.3 is 9.84 Å². The van der Waals surface area contributed by atoms with Crippen molar-refractivity contribution < 1.29 is 14.6 Å². The molecule has 0 bridgehead atoms. The fourth-order valence-corrected chi connectivity index (χ4v) is 1.98. The van der Waals surface area contributed by atoms with E-state index in [1.165, 1.54) is 5.56 Å². The molecule has 0 saturated carbocycles. The number of carbonyl (C=O) groups is 1. The molecule has 1 aliphatic rings. The highest BCUT2D eigenvalue weighted by Crippen LogP contribution is 2.36. The van der Waals surface area contributed by atoms with Crippen LogP contribution in [0.1, 0.15) is 18.9 Å². The third-order valence-electron chi connectivity index (χ3n) is 3.28. The molecule has 0 aromatic heterocycles. The lowest BCUT2D eigenvalue weighted by Gasteiger charge is -2.41. The molecule has 2 rings (SSSR count). The van der Waals surface area contributed by atoms with Crippen LogP contribution in [0, 0.1) is 0 Å². The maximum Gasteiger partial charge on any atom is 0.330 e. The number of carboxylic acids is 1. The minimum absolute atomic E-state index is 0.0298. The molecule has 1 aliphatic heterocycles. The summed E-state index contributed by atoms with van der Waals surface area (Å²) in [4.78, 5) is 10.8. The van der Waals surface area contributed by atoms with E-state index in [1.807, 2.05) is 18.2 Å². The minimum atomic E-state index is -0.853. The zero-order valence-corrected chi connectivity index (χ0v) is 9.85. The Morgan fingerprint density at radius 2 is 2.06 bits per heavy atom. The van der Waals surface area contributed by atoms with Gasteiger partial charge in [-0.05, 0) is 18.9 Å². The van der Waals surface area contributed by atoms with Gasteiger partial charge in [-0.3, -0.25) is 0 Å². The van der Waals surface area contributed by atoms with E-state index < -0.39 is 5.97 Å². The standard InChI is InChI=1S/C14H16O3/c1-11(13(15)16)7-8-14(9-17-10-14)12-5-3-2-4-6-12/h2-7H,8-10H2,1H3,(H,15,16). The maximum atomic E-state index is 10.8. The summed E-state index contributed by atoms with van der Waals surface area (Å²) in [5, 5.41) is 8.84. The topological polar surface area (TPSA) is 46.5 Å². The van der Waals surface area contributed by atoms with Crippen LogP contribution in [-0.4, -0.2) is 24.3 Å². The third-order valence-corrected chi connectivity index (χ3v) is 3.28. The van der Waals surface area contributed by atoms with Gasteiger partial charge in [0.25, 0.3) is 0 Å². The average Bonchev–Trinajstić information content (AvgIpc) is 2.28.